The fourth-order valence-corrected chi connectivity index (χ4v) is 5.03. The van der Waals surface area contributed by atoms with Gasteiger partial charge in [0.25, 0.3) is 5.91 Å². The Hall–Kier alpha value is -3.55. The fraction of sp³-hybridized carbons (Fsp3) is 0.323. The molecule has 0 unspecified atom stereocenters. The van der Waals surface area contributed by atoms with Crippen molar-refractivity contribution in [2.75, 3.05) is 29.5 Å². The van der Waals surface area contributed by atoms with Crippen LogP contribution in [0.5, 0.6) is 11.5 Å². The van der Waals surface area contributed by atoms with Crippen LogP contribution in [-0.2, 0) is 9.53 Å². The molecule has 40 heavy (non-hydrogen) atoms. The van der Waals surface area contributed by atoms with E-state index in [-0.39, 0.29) is 24.2 Å². The van der Waals surface area contributed by atoms with Crippen LogP contribution in [-0.4, -0.2) is 42.6 Å². The van der Waals surface area contributed by atoms with E-state index in [9.17, 15) is 9.59 Å². The summed E-state index contributed by atoms with van der Waals surface area (Å²) in [5, 5.41) is 0.697. The van der Waals surface area contributed by atoms with E-state index in [4.69, 9.17) is 32.7 Å². The molecule has 0 N–H and O–H groups in total. The van der Waals surface area contributed by atoms with E-state index in [1.54, 1.807) is 41.4 Å². The maximum Gasteiger partial charge on any atom is 0.309 e. The molecule has 3 aromatic rings. The maximum absolute atomic E-state index is 13.8. The third-order valence-corrected chi connectivity index (χ3v) is 7.34. The van der Waals surface area contributed by atoms with Gasteiger partial charge in [0.1, 0.15) is 17.1 Å². The molecule has 9 heteroatoms. The Morgan fingerprint density at radius 3 is 2.58 bits per heavy atom. The summed E-state index contributed by atoms with van der Waals surface area (Å²) in [5.41, 5.74) is 2.91. The van der Waals surface area contributed by atoms with Gasteiger partial charge >= 0.3 is 5.97 Å². The number of carbonyl (C=O) groups is 2. The number of carbonyl (C=O) groups excluding carboxylic acids is 2. The molecule has 0 saturated heterocycles. The van der Waals surface area contributed by atoms with Gasteiger partial charge in [-0.25, -0.2) is 0 Å². The number of nitrogens with zero attached hydrogens (tertiary/aromatic N) is 3. The number of anilines is 2. The number of aromatic nitrogens is 1. The van der Waals surface area contributed by atoms with Gasteiger partial charge in [0.15, 0.2) is 0 Å². The smallest absolute Gasteiger partial charge is 0.309 e. The summed E-state index contributed by atoms with van der Waals surface area (Å²) >= 11 is 13.1. The summed E-state index contributed by atoms with van der Waals surface area (Å²) in [7, 11) is 0. The number of para-hydroxylation sites is 2. The highest BCUT2D eigenvalue weighted by atomic mass is 35.5. The van der Waals surface area contributed by atoms with Crippen LogP contribution in [0.1, 0.15) is 49.0 Å². The molecular formula is C31H31Cl2N3O4. The Balaban J connectivity index is 1.33. The lowest BCUT2D eigenvalue weighted by Gasteiger charge is -2.38. The molecule has 2 aromatic carbocycles. The Morgan fingerprint density at radius 1 is 1.05 bits per heavy atom. The van der Waals surface area contributed by atoms with Gasteiger partial charge in [-0.3, -0.25) is 14.6 Å². The van der Waals surface area contributed by atoms with Crippen LogP contribution < -0.4 is 14.5 Å². The minimum Gasteiger partial charge on any atom is -0.465 e. The largest absolute Gasteiger partial charge is 0.465 e. The van der Waals surface area contributed by atoms with Crippen molar-refractivity contribution >= 4 is 52.5 Å². The zero-order valence-corrected chi connectivity index (χ0v) is 24.0. The SMILES string of the molecule is CC(C)COC(=O)C/C=C/c1cc(Cl)c(Oc2ccncc2C(=O)N2CCN(C3CC3)c3ccccc32)cc1Cl. The Labute approximate surface area is 244 Å². The van der Waals surface area contributed by atoms with Crippen LogP contribution in [0, 0.1) is 5.92 Å². The second-order valence-electron chi connectivity index (χ2n) is 10.3. The predicted octanol–water partition coefficient (Wildman–Crippen LogP) is 7.41. The Morgan fingerprint density at radius 2 is 1.82 bits per heavy atom. The molecule has 0 bridgehead atoms. The van der Waals surface area contributed by atoms with Crippen LogP contribution in [0.25, 0.3) is 6.08 Å². The van der Waals surface area contributed by atoms with Gasteiger partial charge < -0.3 is 19.3 Å². The van der Waals surface area contributed by atoms with Crippen LogP contribution in [0.2, 0.25) is 10.0 Å². The fourth-order valence-electron chi connectivity index (χ4n) is 4.61. The summed E-state index contributed by atoms with van der Waals surface area (Å²) in [5.74, 6) is 0.407. The van der Waals surface area contributed by atoms with Crippen molar-refractivity contribution < 1.29 is 19.1 Å². The molecule has 2 aliphatic rings. The average molecular weight is 581 g/mol. The van der Waals surface area contributed by atoms with E-state index < -0.39 is 0 Å². The lowest BCUT2D eigenvalue weighted by molar-refractivity contribution is -0.143. The minimum atomic E-state index is -0.307. The van der Waals surface area contributed by atoms with Crippen LogP contribution in [0.4, 0.5) is 11.4 Å². The van der Waals surface area contributed by atoms with Crippen molar-refractivity contribution in [3.05, 3.63) is 82.1 Å². The number of benzene rings is 2. The third kappa shape index (κ3) is 6.43. The van der Waals surface area contributed by atoms with Gasteiger partial charge in [0, 0.05) is 37.6 Å². The van der Waals surface area contributed by atoms with E-state index in [0.29, 0.717) is 51.9 Å². The molecule has 1 saturated carbocycles. The highest BCUT2D eigenvalue weighted by Gasteiger charge is 2.36. The van der Waals surface area contributed by atoms with Crippen molar-refractivity contribution in [3.63, 3.8) is 0 Å². The van der Waals surface area contributed by atoms with Crippen LogP contribution in [0.15, 0.2) is 60.9 Å². The first-order valence-corrected chi connectivity index (χ1v) is 14.2. The van der Waals surface area contributed by atoms with Gasteiger partial charge in [0.2, 0.25) is 0 Å². The molecule has 7 nitrogen and oxygen atoms in total. The summed E-state index contributed by atoms with van der Waals surface area (Å²) in [4.78, 5) is 34.1. The molecule has 1 aliphatic heterocycles. The monoisotopic (exact) mass is 579 g/mol. The number of rotatable bonds is 9. The molecule has 0 radical (unpaired) electrons. The quantitative estimate of drug-likeness (QED) is 0.246. The molecule has 5 rings (SSSR count). The first-order chi connectivity index (χ1) is 19.3. The van der Waals surface area contributed by atoms with Gasteiger partial charge in [-0.05, 0) is 48.6 Å². The molecular weight excluding hydrogens is 549 g/mol. The molecule has 2 heterocycles. The number of hydrogen-bond donors (Lipinski definition) is 0. The third-order valence-electron chi connectivity index (χ3n) is 6.72. The van der Waals surface area contributed by atoms with Gasteiger partial charge in [-0.15, -0.1) is 0 Å². The van der Waals surface area contributed by atoms with Gasteiger partial charge in [-0.1, -0.05) is 61.3 Å². The highest BCUT2D eigenvalue weighted by molar-refractivity contribution is 6.35. The zero-order valence-electron chi connectivity index (χ0n) is 22.5. The molecule has 1 aliphatic carbocycles. The summed E-state index contributed by atoms with van der Waals surface area (Å²) in [6.45, 7) is 5.69. The van der Waals surface area contributed by atoms with Crippen molar-refractivity contribution in [2.45, 2.75) is 39.2 Å². The van der Waals surface area contributed by atoms with E-state index in [1.807, 2.05) is 32.0 Å². The average Bonchev–Trinajstić information content (AvgIpc) is 3.79. The van der Waals surface area contributed by atoms with E-state index in [2.05, 4.69) is 16.0 Å². The zero-order chi connectivity index (χ0) is 28.2. The number of amides is 1. The topological polar surface area (TPSA) is 72.0 Å². The number of esters is 1. The van der Waals surface area contributed by atoms with E-state index in [1.165, 1.54) is 19.0 Å². The lowest BCUT2D eigenvalue weighted by Crippen LogP contribution is -2.45. The number of pyridine rings is 1. The molecule has 0 spiro atoms. The van der Waals surface area contributed by atoms with Gasteiger partial charge in [0.05, 0.1) is 34.4 Å². The van der Waals surface area contributed by atoms with Crippen LogP contribution in [0.3, 0.4) is 0 Å². The number of ether oxygens (including phenoxy) is 2. The number of fused-ring (bicyclic) bond motifs is 1. The highest BCUT2D eigenvalue weighted by Crippen LogP contribution is 2.41. The van der Waals surface area contributed by atoms with Crippen molar-refractivity contribution in [1.29, 1.82) is 0 Å². The van der Waals surface area contributed by atoms with Gasteiger partial charge in [-0.2, -0.15) is 0 Å². The van der Waals surface area contributed by atoms with Crippen molar-refractivity contribution in [2.24, 2.45) is 5.92 Å². The number of hydrogen-bond acceptors (Lipinski definition) is 6. The normalized spacial score (nSPS) is 14.9. The molecule has 1 amide bonds. The minimum absolute atomic E-state index is 0.124. The second kappa shape index (κ2) is 12.3. The molecule has 1 aromatic heterocycles. The van der Waals surface area contributed by atoms with Crippen molar-refractivity contribution in [3.8, 4) is 11.5 Å². The maximum atomic E-state index is 13.8. The summed E-state index contributed by atoms with van der Waals surface area (Å²) < 4.78 is 11.3. The molecule has 208 valence electrons. The van der Waals surface area contributed by atoms with E-state index in [0.717, 1.165) is 17.9 Å². The molecule has 1 fully saturated rings. The lowest BCUT2D eigenvalue weighted by atomic mass is 10.1. The number of halogens is 2. The Bertz CT molecular complexity index is 1440. The first-order valence-electron chi connectivity index (χ1n) is 13.4. The summed E-state index contributed by atoms with van der Waals surface area (Å²) in [6.07, 6.45) is 8.97. The molecule has 0 atom stereocenters. The van der Waals surface area contributed by atoms with Crippen molar-refractivity contribution in [1.82, 2.24) is 4.98 Å². The van der Waals surface area contributed by atoms with E-state index >= 15 is 0 Å². The standard InChI is InChI=1S/C31H31Cl2N3O4/c1-20(2)19-39-30(37)9-5-6-21-16-25(33)29(17-24(21)32)40-28-12-13-34-18-23(28)31(38)36-15-14-35(22-10-11-22)26-7-3-4-8-27(26)36/h3-8,12-13,16-18,20,22H,9-11,14-15,19H2,1-2H3/b6-5+. The first kappa shape index (κ1) is 28.0. The Kier molecular flexibility index (Phi) is 8.62. The van der Waals surface area contributed by atoms with Crippen LogP contribution >= 0.6 is 23.2 Å². The summed E-state index contributed by atoms with van der Waals surface area (Å²) in [6, 6.07) is 13.4. The second-order valence-corrected chi connectivity index (χ2v) is 11.1. The predicted molar refractivity (Wildman–Crippen MR) is 159 cm³/mol.